The van der Waals surface area contributed by atoms with E-state index >= 15 is 0 Å². The predicted octanol–water partition coefficient (Wildman–Crippen LogP) is 2.56. The molecule has 3 nitrogen and oxygen atoms in total. The summed E-state index contributed by atoms with van der Waals surface area (Å²) < 4.78 is 5.54. The maximum Gasteiger partial charge on any atom is 0.0556 e. The van der Waals surface area contributed by atoms with E-state index in [1.165, 1.54) is 5.56 Å². The number of hydrogen-bond acceptors (Lipinski definition) is 3. The molecule has 0 aromatic heterocycles. The minimum absolute atomic E-state index is 0.106. The smallest absolute Gasteiger partial charge is 0.0556 e. The standard InChI is InChI=1S/C15H22ClNO2/c1-17(9-13-4-2-5-14(16)8-13)10-15(11-18)6-3-7-19-12-15/h2,4-5,8,18H,3,6-7,9-12H2,1H3. The second kappa shape index (κ2) is 6.71. The fourth-order valence-electron chi connectivity index (χ4n) is 2.78. The lowest BCUT2D eigenvalue weighted by atomic mass is 9.83. The Bertz CT molecular complexity index is 405. The number of hydrogen-bond donors (Lipinski definition) is 1. The van der Waals surface area contributed by atoms with Gasteiger partial charge in [-0.05, 0) is 37.6 Å². The Kier molecular flexibility index (Phi) is 5.22. The van der Waals surface area contributed by atoms with Crippen LogP contribution < -0.4 is 0 Å². The quantitative estimate of drug-likeness (QED) is 0.901. The van der Waals surface area contributed by atoms with Gasteiger partial charge in [0.1, 0.15) is 0 Å². The van der Waals surface area contributed by atoms with Crippen molar-refractivity contribution in [3.05, 3.63) is 34.9 Å². The second-order valence-corrected chi connectivity index (χ2v) is 6.05. The first-order chi connectivity index (χ1) is 9.13. The van der Waals surface area contributed by atoms with Crippen molar-refractivity contribution < 1.29 is 9.84 Å². The van der Waals surface area contributed by atoms with Crippen LogP contribution in [0.1, 0.15) is 18.4 Å². The summed E-state index contributed by atoms with van der Waals surface area (Å²) in [5.74, 6) is 0. The van der Waals surface area contributed by atoms with Crippen molar-refractivity contribution in [3.8, 4) is 0 Å². The van der Waals surface area contributed by atoms with Crippen molar-refractivity contribution in [1.29, 1.82) is 0 Å². The lowest BCUT2D eigenvalue weighted by Crippen LogP contribution is -2.44. The molecule has 0 bridgehead atoms. The summed E-state index contributed by atoms with van der Waals surface area (Å²) in [5, 5.41) is 10.4. The van der Waals surface area contributed by atoms with Crippen molar-refractivity contribution in [3.63, 3.8) is 0 Å². The Morgan fingerprint density at radius 1 is 1.47 bits per heavy atom. The lowest BCUT2D eigenvalue weighted by Gasteiger charge is -2.38. The van der Waals surface area contributed by atoms with Crippen LogP contribution >= 0.6 is 11.6 Å². The van der Waals surface area contributed by atoms with E-state index in [4.69, 9.17) is 16.3 Å². The third-order valence-electron chi connectivity index (χ3n) is 3.69. The highest BCUT2D eigenvalue weighted by Crippen LogP contribution is 2.29. The highest BCUT2D eigenvalue weighted by Gasteiger charge is 2.33. The molecule has 1 fully saturated rings. The molecule has 1 aliphatic rings. The number of ether oxygens (including phenoxy) is 1. The zero-order chi connectivity index (χ0) is 13.7. The molecule has 1 saturated heterocycles. The van der Waals surface area contributed by atoms with Crippen LogP contribution in [0, 0.1) is 5.41 Å². The van der Waals surface area contributed by atoms with Crippen LogP contribution in [0.25, 0.3) is 0 Å². The molecule has 4 heteroatoms. The molecule has 1 N–H and O–H groups in total. The summed E-state index contributed by atoms with van der Waals surface area (Å²) >= 11 is 6.00. The summed E-state index contributed by atoms with van der Waals surface area (Å²) in [5.41, 5.74) is 1.09. The summed E-state index contributed by atoms with van der Waals surface area (Å²) in [6.07, 6.45) is 2.06. The van der Waals surface area contributed by atoms with Crippen LogP contribution in [-0.4, -0.2) is 43.4 Å². The van der Waals surface area contributed by atoms with Gasteiger partial charge in [-0.25, -0.2) is 0 Å². The van der Waals surface area contributed by atoms with E-state index in [-0.39, 0.29) is 12.0 Å². The van der Waals surface area contributed by atoms with Crippen LogP contribution in [0.4, 0.5) is 0 Å². The van der Waals surface area contributed by atoms with Gasteiger partial charge in [-0.15, -0.1) is 0 Å². The van der Waals surface area contributed by atoms with E-state index in [0.717, 1.165) is 37.6 Å². The number of aliphatic hydroxyl groups is 1. The molecule has 0 radical (unpaired) electrons. The first-order valence-electron chi connectivity index (χ1n) is 6.75. The molecule has 1 aromatic rings. The van der Waals surface area contributed by atoms with Gasteiger partial charge in [-0.2, -0.15) is 0 Å². The molecule has 0 aliphatic carbocycles. The van der Waals surface area contributed by atoms with Crippen molar-refractivity contribution in [2.24, 2.45) is 5.41 Å². The summed E-state index contributed by atoms with van der Waals surface area (Å²) in [4.78, 5) is 2.23. The van der Waals surface area contributed by atoms with E-state index in [0.29, 0.717) is 6.61 Å². The highest BCUT2D eigenvalue weighted by atomic mass is 35.5. The number of benzene rings is 1. The third kappa shape index (κ3) is 4.18. The summed E-state index contributed by atoms with van der Waals surface area (Å²) in [6, 6.07) is 7.92. The minimum Gasteiger partial charge on any atom is -0.396 e. The average molecular weight is 284 g/mol. The molecule has 19 heavy (non-hydrogen) atoms. The van der Waals surface area contributed by atoms with Gasteiger partial charge in [0.2, 0.25) is 0 Å². The number of aliphatic hydroxyl groups excluding tert-OH is 1. The number of rotatable bonds is 5. The average Bonchev–Trinajstić information content (AvgIpc) is 2.39. The van der Waals surface area contributed by atoms with Crippen molar-refractivity contribution in [2.75, 3.05) is 33.4 Å². The molecule has 1 aromatic carbocycles. The van der Waals surface area contributed by atoms with Crippen LogP contribution in [0.15, 0.2) is 24.3 Å². The fraction of sp³-hybridized carbons (Fsp3) is 0.600. The van der Waals surface area contributed by atoms with Crippen LogP contribution in [0.2, 0.25) is 5.02 Å². The lowest BCUT2D eigenvalue weighted by molar-refractivity contribution is -0.0531. The maximum absolute atomic E-state index is 9.67. The third-order valence-corrected chi connectivity index (χ3v) is 3.92. The topological polar surface area (TPSA) is 32.7 Å². The monoisotopic (exact) mass is 283 g/mol. The molecule has 0 spiro atoms. The van der Waals surface area contributed by atoms with Gasteiger partial charge in [-0.3, -0.25) is 0 Å². The van der Waals surface area contributed by atoms with Gasteiger partial charge < -0.3 is 14.7 Å². The van der Waals surface area contributed by atoms with E-state index in [1.807, 2.05) is 18.2 Å². The van der Waals surface area contributed by atoms with Crippen molar-refractivity contribution in [2.45, 2.75) is 19.4 Å². The molecule has 1 heterocycles. The molecule has 106 valence electrons. The largest absolute Gasteiger partial charge is 0.396 e. The highest BCUT2D eigenvalue weighted by molar-refractivity contribution is 6.30. The first kappa shape index (κ1) is 14.8. The van der Waals surface area contributed by atoms with E-state index in [9.17, 15) is 5.11 Å². The van der Waals surface area contributed by atoms with Gasteiger partial charge in [0, 0.05) is 30.1 Å². The molecule has 1 aliphatic heterocycles. The van der Waals surface area contributed by atoms with Crippen molar-refractivity contribution in [1.82, 2.24) is 4.90 Å². The Labute approximate surface area is 120 Å². The van der Waals surface area contributed by atoms with Crippen molar-refractivity contribution >= 4 is 11.6 Å². The zero-order valence-corrected chi connectivity index (χ0v) is 12.2. The zero-order valence-electron chi connectivity index (χ0n) is 11.4. The maximum atomic E-state index is 9.67. The van der Waals surface area contributed by atoms with Gasteiger partial charge in [0.15, 0.2) is 0 Å². The van der Waals surface area contributed by atoms with Gasteiger partial charge in [0.25, 0.3) is 0 Å². The minimum atomic E-state index is -0.106. The predicted molar refractivity (Wildman–Crippen MR) is 77.4 cm³/mol. The molecular formula is C15H22ClNO2. The number of nitrogens with zero attached hydrogens (tertiary/aromatic N) is 1. The Balaban J connectivity index is 1.94. The summed E-state index contributed by atoms with van der Waals surface area (Å²) in [7, 11) is 2.08. The van der Waals surface area contributed by atoms with Gasteiger partial charge in [0.05, 0.1) is 13.2 Å². The normalized spacial score (nSPS) is 23.8. The van der Waals surface area contributed by atoms with Gasteiger partial charge in [-0.1, -0.05) is 23.7 Å². The van der Waals surface area contributed by atoms with E-state index < -0.39 is 0 Å². The van der Waals surface area contributed by atoms with Crippen LogP contribution in [0.3, 0.4) is 0 Å². The fourth-order valence-corrected chi connectivity index (χ4v) is 3.00. The molecule has 2 rings (SSSR count). The Morgan fingerprint density at radius 2 is 2.32 bits per heavy atom. The van der Waals surface area contributed by atoms with Gasteiger partial charge >= 0.3 is 0 Å². The number of halogens is 1. The molecule has 0 amide bonds. The Hall–Kier alpha value is -0.610. The van der Waals surface area contributed by atoms with E-state index in [1.54, 1.807) is 0 Å². The summed E-state index contributed by atoms with van der Waals surface area (Å²) in [6.45, 7) is 3.34. The Morgan fingerprint density at radius 3 is 2.95 bits per heavy atom. The van der Waals surface area contributed by atoms with Crippen LogP contribution in [0.5, 0.6) is 0 Å². The molecule has 0 saturated carbocycles. The van der Waals surface area contributed by atoms with E-state index in [2.05, 4.69) is 18.0 Å². The SMILES string of the molecule is CN(Cc1cccc(Cl)c1)CC1(CO)CCCOC1. The first-order valence-corrected chi connectivity index (χ1v) is 7.13. The molecule has 1 atom stereocenters. The molecular weight excluding hydrogens is 262 g/mol. The van der Waals surface area contributed by atoms with Crippen LogP contribution in [-0.2, 0) is 11.3 Å². The molecule has 1 unspecified atom stereocenters. The second-order valence-electron chi connectivity index (χ2n) is 5.62.